The van der Waals surface area contributed by atoms with Crippen LogP contribution in [-0.2, 0) is 11.3 Å². The van der Waals surface area contributed by atoms with Gasteiger partial charge in [0, 0.05) is 32.9 Å². The Morgan fingerprint density at radius 2 is 1.97 bits per heavy atom. The van der Waals surface area contributed by atoms with Gasteiger partial charge in [0.25, 0.3) is 0 Å². The maximum absolute atomic E-state index is 12.7. The molecule has 2 heterocycles. The molecule has 3 aromatic carbocycles. The van der Waals surface area contributed by atoms with E-state index in [9.17, 15) is 14.7 Å². The number of amides is 1. The van der Waals surface area contributed by atoms with Gasteiger partial charge in [0.15, 0.2) is 0 Å². The molecule has 0 radical (unpaired) electrons. The molecule has 6 nitrogen and oxygen atoms in total. The van der Waals surface area contributed by atoms with E-state index in [4.69, 9.17) is 0 Å². The number of aromatic hydroxyl groups is 1. The van der Waals surface area contributed by atoms with Crippen molar-refractivity contribution in [3.8, 4) is 5.88 Å². The maximum Gasteiger partial charge on any atom is 0.311 e. The summed E-state index contributed by atoms with van der Waals surface area (Å²) < 4.78 is 1.98. The van der Waals surface area contributed by atoms with Crippen LogP contribution < -0.4 is 10.2 Å². The van der Waals surface area contributed by atoms with Gasteiger partial charge in [-0.25, -0.2) is 0 Å². The van der Waals surface area contributed by atoms with Gasteiger partial charge in [-0.1, -0.05) is 63.7 Å². The number of fused-ring (bicyclic) bond motifs is 2. The molecule has 32 heavy (non-hydrogen) atoms. The van der Waals surface area contributed by atoms with Crippen LogP contribution in [0.4, 0.5) is 11.4 Å². The van der Waals surface area contributed by atoms with E-state index in [1.807, 2.05) is 54.6 Å². The molecule has 0 unspecified atom stereocenters. The van der Waals surface area contributed by atoms with Gasteiger partial charge < -0.3 is 10.4 Å². The summed E-state index contributed by atoms with van der Waals surface area (Å²) in [4.78, 5) is 29.5. The van der Waals surface area contributed by atoms with E-state index < -0.39 is 10.8 Å². The molecule has 0 atom stereocenters. The third kappa shape index (κ3) is 3.79. The van der Waals surface area contributed by atoms with Gasteiger partial charge in [0.1, 0.15) is 6.54 Å². The highest BCUT2D eigenvalue weighted by atomic mass is 79.9. The number of allylic oxidation sites excluding steroid dienone is 1. The minimum Gasteiger partial charge on any atom is -0.493 e. The zero-order valence-electron chi connectivity index (χ0n) is 16.6. The van der Waals surface area contributed by atoms with E-state index in [-0.39, 0.29) is 12.4 Å². The topological polar surface area (TPSA) is 83.7 Å². The molecule has 4 aromatic rings. The second-order valence-corrected chi connectivity index (χ2v) is 9.15. The number of thiazole rings is 1. The van der Waals surface area contributed by atoms with Gasteiger partial charge in [0.05, 0.1) is 10.6 Å². The Kier molecular flexibility index (Phi) is 5.24. The third-order valence-electron chi connectivity index (χ3n) is 5.16. The first-order valence-corrected chi connectivity index (χ1v) is 11.4. The van der Waals surface area contributed by atoms with Crippen LogP contribution in [0.5, 0.6) is 5.88 Å². The van der Waals surface area contributed by atoms with Crippen molar-refractivity contribution in [2.24, 2.45) is 4.99 Å². The lowest BCUT2D eigenvalue weighted by molar-refractivity contribution is -0.116. The maximum atomic E-state index is 12.7. The van der Waals surface area contributed by atoms with Crippen LogP contribution >= 0.6 is 27.3 Å². The average Bonchev–Trinajstić information content (AvgIpc) is 3.29. The quantitative estimate of drug-likeness (QED) is 0.388. The molecule has 1 aliphatic rings. The molecule has 1 amide bonds. The van der Waals surface area contributed by atoms with Gasteiger partial charge in [-0.05, 0) is 35.7 Å². The Labute approximate surface area is 195 Å². The largest absolute Gasteiger partial charge is 0.493 e. The molecule has 0 fully saturated rings. The van der Waals surface area contributed by atoms with Gasteiger partial charge in [-0.2, -0.15) is 0 Å². The number of aliphatic imine (C=N–C) groups is 1. The summed E-state index contributed by atoms with van der Waals surface area (Å²) in [6.07, 6.45) is 3.40. The summed E-state index contributed by atoms with van der Waals surface area (Å²) >= 11 is 4.33. The number of benzene rings is 3. The lowest BCUT2D eigenvalue weighted by atomic mass is 10.1. The number of hydrogen-bond acceptors (Lipinski definition) is 5. The average molecular weight is 506 g/mol. The van der Waals surface area contributed by atoms with Crippen molar-refractivity contribution in [2.75, 3.05) is 5.32 Å². The molecule has 0 saturated heterocycles. The molecule has 2 N–H and O–H groups in total. The highest BCUT2D eigenvalue weighted by Gasteiger charge is 2.19. The first-order valence-electron chi connectivity index (χ1n) is 9.75. The van der Waals surface area contributed by atoms with Crippen molar-refractivity contribution >= 4 is 73.2 Å². The Morgan fingerprint density at radius 3 is 2.84 bits per heavy atom. The second-order valence-electron chi connectivity index (χ2n) is 7.24. The van der Waals surface area contributed by atoms with Crippen molar-refractivity contribution in [3.05, 3.63) is 85.2 Å². The molecule has 5 rings (SSSR count). The Balaban J connectivity index is 1.41. The van der Waals surface area contributed by atoms with Crippen LogP contribution in [0.25, 0.3) is 22.4 Å². The number of anilines is 1. The molecule has 0 spiro atoms. The Morgan fingerprint density at radius 1 is 1.16 bits per heavy atom. The fourth-order valence-electron chi connectivity index (χ4n) is 3.63. The monoisotopic (exact) mass is 505 g/mol. The lowest BCUT2D eigenvalue weighted by Crippen LogP contribution is -2.24. The molecule has 0 bridgehead atoms. The van der Waals surface area contributed by atoms with Gasteiger partial charge >= 0.3 is 4.87 Å². The molecule has 158 valence electrons. The standard InChI is InChI=1S/C24H16BrN3O3S/c25-16-8-9-19-18(11-16)15(12-26-19)10-21-23(30)28(24(31)32-21)13-22(29)27-20-7-3-5-14-4-1-2-6-17(14)20/h1-12,30H,13H2,(H,27,29). The van der Waals surface area contributed by atoms with Gasteiger partial charge in [0.2, 0.25) is 11.8 Å². The number of aromatic nitrogens is 1. The molecular weight excluding hydrogens is 490 g/mol. The number of nitrogens with one attached hydrogen (secondary N) is 1. The van der Waals surface area contributed by atoms with Crippen LogP contribution in [0.3, 0.4) is 0 Å². The fraction of sp³-hybridized carbons (Fsp3) is 0.0417. The summed E-state index contributed by atoms with van der Waals surface area (Å²) in [7, 11) is 0. The summed E-state index contributed by atoms with van der Waals surface area (Å²) in [6.45, 7) is -0.288. The third-order valence-corrected chi connectivity index (χ3v) is 6.57. The zero-order chi connectivity index (χ0) is 22.2. The van der Waals surface area contributed by atoms with Crippen molar-refractivity contribution in [1.82, 2.24) is 4.57 Å². The minimum absolute atomic E-state index is 0.239. The van der Waals surface area contributed by atoms with Crippen molar-refractivity contribution in [3.63, 3.8) is 0 Å². The lowest BCUT2D eigenvalue weighted by Gasteiger charge is -2.09. The molecule has 1 aromatic heterocycles. The smallest absolute Gasteiger partial charge is 0.311 e. The van der Waals surface area contributed by atoms with Crippen molar-refractivity contribution < 1.29 is 9.90 Å². The fourth-order valence-corrected chi connectivity index (χ4v) is 4.83. The number of carbonyl (C=O) groups is 1. The SMILES string of the molecule is O=C(Cn1c(O)c(C=C2C=Nc3ccc(Br)cc32)sc1=O)Nc1cccc2ccccc12. The first-order chi connectivity index (χ1) is 15.5. The molecule has 1 aliphatic heterocycles. The predicted molar refractivity (Wildman–Crippen MR) is 133 cm³/mol. The van der Waals surface area contributed by atoms with Gasteiger partial charge in [-0.3, -0.25) is 19.1 Å². The molecule has 8 heteroatoms. The van der Waals surface area contributed by atoms with E-state index in [2.05, 4.69) is 26.2 Å². The van der Waals surface area contributed by atoms with E-state index in [0.717, 1.165) is 48.0 Å². The summed E-state index contributed by atoms with van der Waals surface area (Å²) in [5.41, 5.74) is 3.16. The zero-order valence-corrected chi connectivity index (χ0v) is 19.0. The minimum atomic E-state index is -0.410. The number of halogens is 1. The normalized spacial score (nSPS) is 13.6. The van der Waals surface area contributed by atoms with E-state index >= 15 is 0 Å². The van der Waals surface area contributed by atoms with Crippen molar-refractivity contribution in [1.29, 1.82) is 0 Å². The first kappa shape index (κ1) is 20.4. The van der Waals surface area contributed by atoms with Crippen LogP contribution in [0, 0.1) is 0 Å². The highest BCUT2D eigenvalue weighted by molar-refractivity contribution is 9.10. The van der Waals surface area contributed by atoms with Crippen LogP contribution in [0.15, 0.2) is 74.9 Å². The number of carbonyl (C=O) groups excluding carboxylic acids is 1. The summed E-state index contributed by atoms with van der Waals surface area (Å²) in [5.74, 6) is -0.634. The number of nitrogens with zero attached hydrogens (tertiary/aromatic N) is 2. The number of hydrogen-bond donors (Lipinski definition) is 2. The summed E-state index contributed by atoms with van der Waals surface area (Å²) in [5, 5.41) is 15.4. The number of rotatable bonds is 4. The predicted octanol–water partition coefficient (Wildman–Crippen LogP) is 5.43. The molecule has 0 aliphatic carbocycles. The van der Waals surface area contributed by atoms with E-state index in [1.165, 1.54) is 0 Å². The van der Waals surface area contributed by atoms with E-state index in [0.29, 0.717) is 10.6 Å². The van der Waals surface area contributed by atoms with Crippen LogP contribution in [0.2, 0.25) is 0 Å². The van der Waals surface area contributed by atoms with Crippen LogP contribution in [0.1, 0.15) is 10.4 Å². The second kappa shape index (κ2) is 8.22. The van der Waals surface area contributed by atoms with E-state index in [1.54, 1.807) is 18.4 Å². The highest BCUT2D eigenvalue weighted by Crippen LogP contribution is 2.36. The Hall–Kier alpha value is -3.49. The van der Waals surface area contributed by atoms with Crippen LogP contribution in [-0.4, -0.2) is 21.8 Å². The van der Waals surface area contributed by atoms with Gasteiger partial charge in [-0.15, -0.1) is 0 Å². The van der Waals surface area contributed by atoms with Crippen molar-refractivity contribution in [2.45, 2.75) is 6.54 Å². The molecular formula is C24H16BrN3O3S. The summed E-state index contributed by atoms with van der Waals surface area (Å²) in [6, 6.07) is 19.1. The Bertz CT molecular complexity index is 1490. The molecule has 0 saturated carbocycles.